The van der Waals surface area contributed by atoms with Crippen LogP contribution < -0.4 is 5.32 Å². The summed E-state index contributed by atoms with van der Waals surface area (Å²) in [5.74, 6) is 0.0154. The zero-order valence-corrected chi connectivity index (χ0v) is 12.1. The highest BCUT2D eigenvalue weighted by molar-refractivity contribution is 5.67. The Kier molecular flexibility index (Phi) is 6.57. The molecule has 106 valence electrons. The van der Waals surface area contributed by atoms with Crippen molar-refractivity contribution in [1.29, 1.82) is 0 Å². The lowest BCUT2D eigenvalue weighted by molar-refractivity contribution is -0.138. The number of rotatable bonds is 8. The van der Waals surface area contributed by atoms with Crippen LogP contribution in [0, 0.1) is 11.8 Å². The predicted octanol–water partition coefficient (Wildman–Crippen LogP) is 3.47. The second-order valence-corrected chi connectivity index (χ2v) is 5.63. The Morgan fingerprint density at radius 2 is 1.84 bits per heavy atom. The first-order valence-electron chi connectivity index (χ1n) is 6.99. The van der Waals surface area contributed by atoms with E-state index in [4.69, 9.17) is 5.11 Å². The van der Waals surface area contributed by atoms with E-state index in [2.05, 4.69) is 38.2 Å². The van der Waals surface area contributed by atoms with Crippen molar-refractivity contribution in [3.63, 3.8) is 0 Å². The third kappa shape index (κ3) is 6.39. The lowest BCUT2D eigenvalue weighted by Gasteiger charge is -2.21. The Labute approximate surface area is 116 Å². The summed E-state index contributed by atoms with van der Waals surface area (Å²) in [4.78, 5) is 10.9. The van der Waals surface area contributed by atoms with Crippen LogP contribution in [0.2, 0.25) is 0 Å². The first kappa shape index (κ1) is 15.7. The normalized spacial score (nSPS) is 14.3. The summed E-state index contributed by atoms with van der Waals surface area (Å²) >= 11 is 0. The molecule has 0 fully saturated rings. The van der Waals surface area contributed by atoms with Crippen molar-refractivity contribution in [2.24, 2.45) is 11.8 Å². The fourth-order valence-corrected chi connectivity index (χ4v) is 2.36. The monoisotopic (exact) mass is 263 g/mol. The second kappa shape index (κ2) is 7.95. The van der Waals surface area contributed by atoms with Crippen molar-refractivity contribution in [3.8, 4) is 0 Å². The molecule has 0 aliphatic carbocycles. The molecule has 0 aromatic heterocycles. The molecule has 1 rings (SSSR count). The van der Waals surface area contributed by atoms with Gasteiger partial charge >= 0.3 is 5.97 Å². The first-order valence-corrected chi connectivity index (χ1v) is 6.99. The molecule has 0 bridgehead atoms. The molecular weight excluding hydrogens is 238 g/mol. The van der Waals surface area contributed by atoms with Gasteiger partial charge < -0.3 is 10.4 Å². The first-order chi connectivity index (χ1) is 8.99. The molecule has 0 aliphatic rings. The van der Waals surface area contributed by atoms with E-state index < -0.39 is 5.97 Å². The summed E-state index contributed by atoms with van der Waals surface area (Å²) in [6.07, 6.45) is 1.19. The van der Waals surface area contributed by atoms with E-state index in [-0.39, 0.29) is 18.4 Å². The summed E-state index contributed by atoms with van der Waals surface area (Å²) in [5, 5.41) is 12.4. The van der Waals surface area contributed by atoms with Gasteiger partial charge in [0.15, 0.2) is 0 Å². The highest BCUT2D eigenvalue weighted by Gasteiger charge is 2.16. The maximum absolute atomic E-state index is 10.9. The van der Waals surface area contributed by atoms with Gasteiger partial charge in [-0.15, -0.1) is 0 Å². The van der Waals surface area contributed by atoms with E-state index in [0.29, 0.717) is 5.92 Å². The Bertz CT molecular complexity index is 376. The molecule has 2 N–H and O–H groups in total. The molecule has 1 aromatic rings. The van der Waals surface area contributed by atoms with Crippen LogP contribution in [-0.4, -0.2) is 17.6 Å². The van der Waals surface area contributed by atoms with Gasteiger partial charge in [-0.2, -0.15) is 0 Å². The van der Waals surface area contributed by atoms with Gasteiger partial charge in [0.2, 0.25) is 0 Å². The van der Waals surface area contributed by atoms with Gasteiger partial charge in [-0.1, -0.05) is 44.2 Å². The fourth-order valence-electron chi connectivity index (χ4n) is 2.36. The molecule has 2 atom stereocenters. The lowest BCUT2D eigenvalue weighted by Crippen LogP contribution is -2.28. The van der Waals surface area contributed by atoms with E-state index in [1.807, 2.05) is 18.2 Å². The zero-order valence-electron chi connectivity index (χ0n) is 12.1. The molecule has 0 spiro atoms. The van der Waals surface area contributed by atoms with Crippen LogP contribution in [0.5, 0.6) is 0 Å². The van der Waals surface area contributed by atoms with Crippen molar-refractivity contribution < 1.29 is 9.90 Å². The van der Waals surface area contributed by atoms with Gasteiger partial charge in [0.25, 0.3) is 0 Å². The molecule has 3 heteroatoms. The molecule has 1 aromatic carbocycles. The van der Waals surface area contributed by atoms with Crippen molar-refractivity contribution in [3.05, 3.63) is 35.9 Å². The van der Waals surface area contributed by atoms with E-state index in [0.717, 1.165) is 13.0 Å². The van der Waals surface area contributed by atoms with Gasteiger partial charge in [0.1, 0.15) is 0 Å². The standard InChI is InChI=1S/C16H25NO2/c1-12(2)9-14(10-16(18)19)11-17-13(3)15-7-5-4-6-8-15/h4-8,12-14,17H,9-11H2,1-3H3,(H,18,19)/t13?,14-/m0/s1. The van der Waals surface area contributed by atoms with Gasteiger partial charge in [-0.05, 0) is 37.3 Å². The lowest BCUT2D eigenvalue weighted by atomic mass is 9.93. The highest BCUT2D eigenvalue weighted by atomic mass is 16.4. The molecule has 19 heavy (non-hydrogen) atoms. The average molecular weight is 263 g/mol. The number of carboxylic acid groups (broad SMARTS) is 1. The van der Waals surface area contributed by atoms with Crippen molar-refractivity contribution in [2.45, 2.75) is 39.7 Å². The minimum Gasteiger partial charge on any atom is -0.481 e. The summed E-state index contributed by atoms with van der Waals surface area (Å²) in [5.41, 5.74) is 1.24. The maximum Gasteiger partial charge on any atom is 0.303 e. The molecule has 1 unspecified atom stereocenters. The van der Waals surface area contributed by atoms with Crippen molar-refractivity contribution in [2.75, 3.05) is 6.54 Å². The summed E-state index contributed by atoms with van der Waals surface area (Å²) in [6, 6.07) is 10.5. The van der Waals surface area contributed by atoms with Gasteiger partial charge in [0, 0.05) is 12.5 Å². The molecule has 0 amide bonds. The van der Waals surface area contributed by atoms with Crippen LogP contribution in [0.3, 0.4) is 0 Å². The number of hydrogen-bond donors (Lipinski definition) is 2. The largest absolute Gasteiger partial charge is 0.481 e. The summed E-state index contributed by atoms with van der Waals surface area (Å²) in [7, 11) is 0. The number of carboxylic acids is 1. The van der Waals surface area contributed by atoms with E-state index in [9.17, 15) is 4.79 Å². The van der Waals surface area contributed by atoms with E-state index in [1.165, 1.54) is 5.56 Å². The molecule has 0 radical (unpaired) electrons. The smallest absolute Gasteiger partial charge is 0.303 e. The van der Waals surface area contributed by atoms with Crippen LogP contribution in [0.25, 0.3) is 0 Å². The van der Waals surface area contributed by atoms with Crippen molar-refractivity contribution >= 4 is 5.97 Å². The quantitative estimate of drug-likeness (QED) is 0.755. The second-order valence-electron chi connectivity index (χ2n) is 5.63. The zero-order chi connectivity index (χ0) is 14.3. The topological polar surface area (TPSA) is 49.3 Å². The van der Waals surface area contributed by atoms with Crippen LogP contribution >= 0.6 is 0 Å². The van der Waals surface area contributed by atoms with Crippen LogP contribution in [0.4, 0.5) is 0 Å². The Hall–Kier alpha value is -1.35. The minimum absolute atomic E-state index is 0.198. The molecule has 0 heterocycles. The third-order valence-electron chi connectivity index (χ3n) is 3.28. The average Bonchev–Trinajstić information content (AvgIpc) is 2.35. The van der Waals surface area contributed by atoms with Gasteiger partial charge in [-0.25, -0.2) is 0 Å². The van der Waals surface area contributed by atoms with Crippen LogP contribution in [0.15, 0.2) is 30.3 Å². The van der Waals surface area contributed by atoms with Crippen LogP contribution in [-0.2, 0) is 4.79 Å². The Balaban J connectivity index is 2.48. The van der Waals surface area contributed by atoms with E-state index >= 15 is 0 Å². The number of hydrogen-bond acceptors (Lipinski definition) is 2. The number of aliphatic carboxylic acids is 1. The number of nitrogens with one attached hydrogen (secondary N) is 1. The molecular formula is C16H25NO2. The SMILES string of the molecule is CC(C)C[C@H](CNC(C)c1ccccc1)CC(=O)O. The van der Waals surface area contributed by atoms with E-state index in [1.54, 1.807) is 0 Å². The minimum atomic E-state index is -0.709. The third-order valence-corrected chi connectivity index (χ3v) is 3.28. The molecule has 0 saturated carbocycles. The molecule has 0 aliphatic heterocycles. The maximum atomic E-state index is 10.9. The van der Waals surface area contributed by atoms with Gasteiger partial charge in [-0.3, -0.25) is 4.79 Å². The number of benzene rings is 1. The Morgan fingerprint density at radius 1 is 1.21 bits per heavy atom. The van der Waals surface area contributed by atoms with Crippen molar-refractivity contribution in [1.82, 2.24) is 5.32 Å². The highest BCUT2D eigenvalue weighted by Crippen LogP contribution is 2.17. The molecule has 0 saturated heterocycles. The van der Waals surface area contributed by atoms with Gasteiger partial charge in [0.05, 0.1) is 0 Å². The predicted molar refractivity (Wildman–Crippen MR) is 78.1 cm³/mol. The summed E-state index contributed by atoms with van der Waals surface area (Å²) < 4.78 is 0. The Morgan fingerprint density at radius 3 is 2.37 bits per heavy atom. The fraction of sp³-hybridized carbons (Fsp3) is 0.562. The number of carbonyl (C=O) groups is 1. The molecule has 3 nitrogen and oxygen atoms in total. The van der Waals surface area contributed by atoms with Crippen LogP contribution in [0.1, 0.15) is 45.2 Å². The summed E-state index contributed by atoms with van der Waals surface area (Å²) in [6.45, 7) is 7.13.